The summed E-state index contributed by atoms with van der Waals surface area (Å²) in [5.74, 6) is -1.76. The standard InChI is InChI=1S/C35H39F3N4O6/c1-34(2,3)48-33(46)42-29-20-24-12-8-14-26(18-24)47-25-13-7-11-23(17-25)19-28(30(43)39-21-35(36,37)38)41-31(44)27(40-32(29)45)16-15-22-9-5-4-6-10-22/h4-14,17-18,27-29H,15-16,19-21H2,1-3H3,(H,39,43)(H,40,45)(H,41,44)(H,42,46)/t27-,28-,29-/m0/s1. The smallest absolute Gasteiger partial charge is 0.408 e. The van der Waals surface area contributed by atoms with E-state index in [9.17, 15) is 32.3 Å². The third kappa shape index (κ3) is 11.6. The molecule has 4 N–H and O–H groups in total. The minimum absolute atomic E-state index is 0.00217. The molecule has 3 aromatic rings. The van der Waals surface area contributed by atoms with Gasteiger partial charge in [0.2, 0.25) is 17.7 Å². The van der Waals surface area contributed by atoms with Gasteiger partial charge in [0.1, 0.15) is 41.8 Å². The normalized spacial score (nSPS) is 18.8. The van der Waals surface area contributed by atoms with Gasteiger partial charge in [-0.05, 0) is 74.6 Å². The number of ether oxygens (including phenoxy) is 2. The van der Waals surface area contributed by atoms with Crippen LogP contribution in [-0.2, 0) is 38.4 Å². The van der Waals surface area contributed by atoms with Gasteiger partial charge in [-0.15, -0.1) is 0 Å². The molecular weight excluding hydrogens is 629 g/mol. The van der Waals surface area contributed by atoms with Crippen molar-refractivity contribution >= 4 is 23.8 Å². The van der Waals surface area contributed by atoms with Crippen molar-refractivity contribution in [3.8, 4) is 11.5 Å². The van der Waals surface area contributed by atoms with E-state index in [1.807, 2.05) is 35.6 Å². The molecule has 3 aromatic carbocycles. The van der Waals surface area contributed by atoms with Crippen molar-refractivity contribution in [1.29, 1.82) is 0 Å². The molecule has 3 atom stereocenters. The molecule has 4 amide bonds. The molecule has 0 aliphatic carbocycles. The number of halogens is 3. The number of aryl methyl sites for hydroxylation is 1. The lowest BCUT2D eigenvalue weighted by Crippen LogP contribution is -2.58. The molecule has 1 aliphatic heterocycles. The zero-order valence-electron chi connectivity index (χ0n) is 26.9. The van der Waals surface area contributed by atoms with E-state index in [4.69, 9.17) is 9.47 Å². The number of fused-ring (bicyclic) bond motifs is 4. The van der Waals surface area contributed by atoms with Crippen molar-refractivity contribution < 1.29 is 41.8 Å². The molecule has 256 valence electrons. The van der Waals surface area contributed by atoms with E-state index in [1.54, 1.807) is 69.3 Å². The SMILES string of the molecule is CC(C)(C)OC(=O)N[C@H]1Cc2cccc(c2)Oc2cccc(c2)C[C@@H](C(=O)NCC(F)(F)F)NC(=O)[C@H](CCc2ccccc2)NC1=O. The average Bonchev–Trinajstić information content (AvgIpc) is 3.00. The van der Waals surface area contributed by atoms with Crippen molar-refractivity contribution in [3.63, 3.8) is 0 Å². The summed E-state index contributed by atoms with van der Waals surface area (Å²) < 4.78 is 50.5. The van der Waals surface area contributed by atoms with Crippen LogP contribution in [0.1, 0.15) is 43.9 Å². The fraction of sp³-hybridized carbons (Fsp3) is 0.371. The second-order valence-corrected chi connectivity index (χ2v) is 12.5. The molecule has 0 spiro atoms. The Morgan fingerprint density at radius 3 is 2.08 bits per heavy atom. The number of benzene rings is 3. The maximum atomic E-state index is 13.8. The Morgan fingerprint density at radius 2 is 1.48 bits per heavy atom. The molecule has 13 heteroatoms. The fourth-order valence-corrected chi connectivity index (χ4v) is 5.03. The highest BCUT2D eigenvalue weighted by molar-refractivity contribution is 5.94. The summed E-state index contributed by atoms with van der Waals surface area (Å²) >= 11 is 0. The van der Waals surface area contributed by atoms with Gasteiger partial charge >= 0.3 is 12.3 Å². The van der Waals surface area contributed by atoms with Crippen LogP contribution < -0.4 is 26.0 Å². The second-order valence-electron chi connectivity index (χ2n) is 12.5. The van der Waals surface area contributed by atoms with Crippen LogP contribution >= 0.6 is 0 Å². The molecule has 0 aromatic heterocycles. The lowest BCUT2D eigenvalue weighted by molar-refractivity contribution is -0.141. The number of carbonyl (C=O) groups is 4. The Balaban J connectivity index is 1.72. The Bertz CT molecular complexity index is 1590. The molecule has 10 nitrogen and oxygen atoms in total. The molecule has 1 aliphatic rings. The molecule has 0 saturated carbocycles. The number of alkyl halides is 3. The Hall–Kier alpha value is -5.07. The third-order valence-corrected chi connectivity index (χ3v) is 7.21. The number of rotatable bonds is 6. The summed E-state index contributed by atoms with van der Waals surface area (Å²) in [4.78, 5) is 53.5. The van der Waals surface area contributed by atoms with Crippen LogP contribution in [0.4, 0.5) is 18.0 Å². The first kappa shape index (κ1) is 35.8. The summed E-state index contributed by atoms with van der Waals surface area (Å²) in [7, 11) is 0. The predicted octanol–water partition coefficient (Wildman–Crippen LogP) is 4.75. The summed E-state index contributed by atoms with van der Waals surface area (Å²) in [5, 5.41) is 9.70. The summed E-state index contributed by atoms with van der Waals surface area (Å²) in [5.41, 5.74) is 1.15. The van der Waals surface area contributed by atoms with E-state index < -0.39 is 60.3 Å². The summed E-state index contributed by atoms with van der Waals surface area (Å²) in [6.07, 6.45) is -5.28. The molecule has 0 unspecified atom stereocenters. The van der Waals surface area contributed by atoms with Crippen LogP contribution in [0.15, 0.2) is 78.9 Å². The van der Waals surface area contributed by atoms with Gasteiger partial charge in [0.25, 0.3) is 0 Å². The molecule has 4 rings (SSSR count). The largest absolute Gasteiger partial charge is 0.457 e. The number of alkyl carbamates (subject to hydrolysis) is 1. The molecule has 4 bridgehead atoms. The minimum Gasteiger partial charge on any atom is -0.457 e. The lowest BCUT2D eigenvalue weighted by Gasteiger charge is -2.27. The number of hydrogen-bond acceptors (Lipinski definition) is 6. The zero-order valence-corrected chi connectivity index (χ0v) is 26.9. The van der Waals surface area contributed by atoms with Crippen molar-refractivity contribution in [1.82, 2.24) is 21.3 Å². The lowest BCUT2D eigenvalue weighted by atomic mass is 10.0. The van der Waals surface area contributed by atoms with E-state index in [1.165, 1.54) is 0 Å². The highest BCUT2D eigenvalue weighted by Gasteiger charge is 2.33. The Labute approximate surface area is 276 Å². The Kier molecular flexibility index (Phi) is 11.7. The second kappa shape index (κ2) is 15.7. The zero-order chi connectivity index (χ0) is 34.9. The maximum Gasteiger partial charge on any atom is 0.408 e. The summed E-state index contributed by atoms with van der Waals surface area (Å²) in [6.45, 7) is 3.43. The molecule has 0 fully saturated rings. The average molecular weight is 669 g/mol. The van der Waals surface area contributed by atoms with Crippen LogP contribution in [0.2, 0.25) is 0 Å². The minimum atomic E-state index is -4.68. The molecule has 0 saturated heterocycles. The highest BCUT2D eigenvalue weighted by atomic mass is 19.4. The van der Waals surface area contributed by atoms with Gasteiger partial charge in [-0.3, -0.25) is 14.4 Å². The first-order chi connectivity index (χ1) is 22.6. The van der Waals surface area contributed by atoms with Gasteiger partial charge in [0.15, 0.2) is 0 Å². The maximum absolute atomic E-state index is 13.8. The van der Waals surface area contributed by atoms with E-state index in [0.29, 0.717) is 29.0 Å². The van der Waals surface area contributed by atoms with Crippen LogP contribution in [0.5, 0.6) is 11.5 Å². The van der Waals surface area contributed by atoms with E-state index in [2.05, 4.69) is 16.0 Å². The first-order valence-corrected chi connectivity index (χ1v) is 15.5. The number of nitrogens with one attached hydrogen (secondary N) is 4. The third-order valence-electron chi connectivity index (χ3n) is 7.21. The van der Waals surface area contributed by atoms with Gasteiger partial charge in [-0.2, -0.15) is 13.2 Å². The van der Waals surface area contributed by atoms with Crippen molar-refractivity contribution in [3.05, 3.63) is 95.6 Å². The van der Waals surface area contributed by atoms with Crippen LogP contribution in [0.25, 0.3) is 0 Å². The van der Waals surface area contributed by atoms with Gasteiger partial charge < -0.3 is 30.7 Å². The number of amides is 4. The van der Waals surface area contributed by atoms with Gasteiger partial charge in [0.05, 0.1) is 0 Å². The molecule has 1 heterocycles. The molecule has 0 radical (unpaired) electrons. The highest BCUT2D eigenvalue weighted by Crippen LogP contribution is 2.25. The van der Waals surface area contributed by atoms with Crippen molar-refractivity contribution in [2.45, 2.75) is 76.4 Å². The molecule has 48 heavy (non-hydrogen) atoms. The van der Waals surface area contributed by atoms with E-state index in [-0.39, 0.29) is 19.3 Å². The molecular formula is C35H39F3N4O6. The van der Waals surface area contributed by atoms with Gasteiger partial charge in [-0.1, -0.05) is 54.6 Å². The van der Waals surface area contributed by atoms with E-state index >= 15 is 0 Å². The Morgan fingerprint density at radius 1 is 0.854 bits per heavy atom. The number of hydrogen-bond donors (Lipinski definition) is 4. The van der Waals surface area contributed by atoms with E-state index in [0.717, 1.165) is 5.56 Å². The van der Waals surface area contributed by atoms with Crippen molar-refractivity contribution in [2.24, 2.45) is 0 Å². The predicted molar refractivity (Wildman–Crippen MR) is 171 cm³/mol. The topological polar surface area (TPSA) is 135 Å². The number of carbonyl (C=O) groups excluding carboxylic acids is 4. The van der Waals surface area contributed by atoms with Crippen LogP contribution in [0, 0.1) is 0 Å². The van der Waals surface area contributed by atoms with Crippen molar-refractivity contribution in [2.75, 3.05) is 6.54 Å². The van der Waals surface area contributed by atoms with Crippen LogP contribution in [-0.4, -0.2) is 60.3 Å². The summed E-state index contributed by atoms with van der Waals surface area (Å²) in [6, 6.07) is 18.8. The van der Waals surface area contributed by atoms with Gasteiger partial charge in [0, 0.05) is 12.8 Å². The monoisotopic (exact) mass is 668 g/mol. The fourth-order valence-electron chi connectivity index (χ4n) is 5.03. The van der Waals surface area contributed by atoms with Crippen LogP contribution in [0.3, 0.4) is 0 Å². The van der Waals surface area contributed by atoms with Gasteiger partial charge in [-0.25, -0.2) is 4.79 Å². The first-order valence-electron chi connectivity index (χ1n) is 15.5. The quantitative estimate of drug-likeness (QED) is 0.300.